The summed E-state index contributed by atoms with van der Waals surface area (Å²) in [6.07, 6.45) is 2.07. The first kappa shape index (κ1) is 13.5. The number of carbonyl (C=O) groups excluding carboxylic acids is 1. The zero-order chi connectivity index (χ0) is 12.8. The Morgan fingerprint density at radius 3 is 1.89 bits per heavy atom. The quantitative estimate of drug-likeness (QED) is 0.361. The second-order valence-corrected chi connectivity index (χ2v) is 4.24. The van der Waals surface area contributed by atoms with Crippen LogP contribution in [-0.4, -0.2) is 63.9 Å². The van der Waals surface area contributed by atoms with Crippen LogP contribution in [0.4, 0.5) is 0 Å². The third-order valence-corrected chi connectivity index (χ3v) is 2.39. The minimum Gasteiger partial charge on any atom is -0.460 e. The van der Waals surface area contributed by atoms with Gasteiger partial charge in [-0.25, -0.2) is 4.79 Å². The van der Waals surface area contributed by atoms with E-state index in [0.29, 0.717) is 25.4 Å². The second-order valence-electron chi connectivity index (χ2n) is 4.24. The number of ether oxygens (including phenoxy) is 5. The van der Waals surface area contributed by atoms with Gasteiger partial charge in [-0.3, -0.25) is 0 Å². The van der Waals surface area contributed by atoms with Crippen LogP contribution in [0.15, 0.2) is 12.7 Å². The Labute approximate surface area is 106 Å². The summed E-state index contributed by atoms with van der Waals surface area (Å²) in [7, 11) is 0. The van der Waals surface area contributed by atoms with E-state index < -0.39 is 0 Å². The fourth-order valence-electron chi connectivity index (χ4n) is 1.06. The van der Waals surface area contributed by atoms with E-state index in [1.807, 2.05) is 0 Å². The van der Waals surface area contributed by atoms with Crippen LogP contribution in [0, 0.1) is 0 Å². The molecule has 0 N–H and O–H groups in total. The zero-order valence-electron chi connectivity index (χ0n) is 10.2. The van der Waals surface area contributed by atoms with E-state index >= 15 is 0 Å². The van der Waals surface area contributed by atoms with Crippen molar-refractivity contribution < 1.29 is 28.5 Å². The summed E-state index contributed by atoms with van der Waals surface area (Å²) in [5, 5.41) is 0. The van der Waals surface area contributed by atoms with Crippen molar-refractivity contribution in [3.8, 4) is 0 Å². The van der Waals surface area contributed by atoms with Crippen molar-refractivity contribution in [3.05, 3.63) is 12.7 Å². The van der Waals surface area contributed by atoms with E-state index in [-0.39, 0.29) is 12.1 Å². The topological polar surface area (TPSA) is 73.1 Å². The highest BCUT2D eigenvalue weighted by Gasteiger charge is 2.26. The zero-order valence-corrected chi connectivity index (χ0v) is 10.2. The molecule has 0 aromatic heterocycles. The molecule has 102 valence electrons. The van der Waals surface area contributed by atoms with Gasteiger partial charge in [0.2, 0.25) is 0 Å². The summed E-state index contributed by atoms with van der Waals surface area (Å²) in [4.78, 5) is 10.3. The minimum atomic E-state index is -0.384. The molecule has 0 amide bonds. The van der Waals surface area contributed by atoms with Gasteiger partial charge in [0.25, 0.3) is 0 Å². The van der Waals surface area contributed by atoms with Gasteiger partial charge in [-0.1, -0.05) is 6.58 Å². The molecule has 3 aliphatic rings. The molecular formula is C12H18O6. The molecule has 3 rings (SSSR count). The smallest absolute Gasteiger partial charge is 0.330 e. The highest BCUT2D eigenvalue weighted by Crippen LogP contribution is 2.12. The van der Waals surface area contributed by atoms with Crippen molar-refractivity contribution in [1.82, 2.24) is 0 Å². The Morgan fingerprint density at radius 1 is 1.06 bits per heavy atom. The molecule has 6 heteroatoms. The molecule has 3 heterocycles. The summed E-state index contributed by atoms with van der Waals surface area (Å²) < 4.78 is 24.5. The largest absolute Gasteiger partial charge is 0.460 e. The second kappa shape index (κ2) is 6.84. The molecule has 3 fully saturated rings. The molecule has 0 saturated carbocycles. The van der Waals surface area contributed by atoms with Crippen molar-refractivity contribution in [2.24, 2.45) is 0 Å². The van der Waals surface area contributed by atoms with Gasteiger partial charge in [0, 0.05) is 6.08 Å². The van der Waals surface area contributed by atoms with Gasteiger partial charge >= 0.3 is 5.97 Å². The van der Waals surface area contributed by atoms with Crippen LogP contribution in [0.2, 0.25) is 0 Å². The number of esters is 1. The molecule has 3 unspecified atom stereocenters. The van der Waals surface area contributed by atoms with E-state index in [4.69, 9.17) is 18.9 Å². The minimum absolute atomic E-state index is 0.147. The summed E-state index contributed by atoms with van der Waals surface area (Å²) in [5.41, 5.74) is 0. The molecule has 0 aromatic rings. The molecule has 3 saturated heterocycles. The van der Waals surface area contributed by atoms with Gasteiger partial charge in [-0.15, -0.1) is 0 Å². The van der Waals surface area contributed by atoms with Gasteiger partial charge in [0.1, 0.15) is 24.9 Å². The highest BCUT2D eigenvalue weighted by atomic mass is 16.6. The molecule has 0 spiro atoms. The molecule has 0 radical (unpaired) electrons. The summed E-state index contributed by atoms with van der Waals surface area (Å²) >= 11 is 0. The fraction of sp³-hybridized carbons (Fsp3) is 0.750. The number of hydrogen-bond donors (Lipinski definition) is 0. The first-order chi connectivity index (χ1) is 8.78. The first-order valence-electron chi connectivity index (χ1n) is 5.99. The van der Waals surface area contributed by atoms with Crippen molar-refractivity contribution in [2.45, 2.75) is 18.3 Å². The first-order valence-corrected chi connectivity index (χ1v) is 5.99. The summed E-state index contributed by atoms with van der Waals surface area (Å²) in [6, 6.07) is 0. The SMILES string of the molecule is C(OCC1CO1)C1CO1.C=CC(=O)OCC1CO1. The Bertz CT molecular complexity index is 268. The van der Waals surface area contributed by atoms with Gasteiger partial charge in [0.15, 0.2) is 0 Å². The third-order valence-electron chi connectivity index (χ3n) is 2.39. The van der Waals surface area contributed by atoms with Crippen molar-refractivity contribution in [1.29, 1.82) is 0 Å². The van der Waals surface area contributed by atoms with Crippen molar-refractivity contribution in [3.63, 3.8) is 0 Å². The van der Waals surface area contributed by atoms with Crippen LogP contribution in [-0.2, 0) is 28.5 Å². The van der Waals surface area contributed by atoms with Gasteiger partial charge in [0.05, 0.1) is 33.0 Å². The predicted molar refractivity (Wildman–Crippen MR) is 61.2 cm³/mol. The molecule has 6 nitrogen and oxygen atoms in total. The standard InChI is InChI=1S/C6H10O3.C6H8O3/c1(5-3-8-5)7-2-6-4-9-6;1-2-6(7)9-4-5-3-8-5/h5-6H,1-4H2;2,5H,1,3-4H2. The Balaban J connectivity index is 0.000000134. The lowest BCUT2D eigenvalue weighted by molar-refractivity contribution is -0.138. The van der Waals surface area contributed by atoms with Crippen molar-refractivity contribution >= 4 is 5.97 Å². The molecule has 3 aliphatic heterocycles. The Hall–Kier alpha value is -0.950. The number of rotatable bonds is 7. The number of epoxide rings is 3. The van der Waals surface area contributed by atoms with Crippen LogP contribution in [0.25, 0.3) is 0 Å². The van der Waals surface area contributed by atoms with E-state index in [0.717, 1.165) is 32.5 Å². The number of carbonyl (C=O) groups is 1. The summed E-state index contributed by atoms with van der Waals surface area (Å²) in [6.45, 7) is 7.58. The van der Waals surface area contributed by atoms with Crippen LogP contribution >= 0.6 is 0 Å². The van der Waals surface area contributed by atoms with E-state index in [1.54, 1.807) is 0 Å². The lowest BCUT2D eigenvalue weighted by Gasteiger charge is -1.95. The fourth-order valence-corrected chi connectivity index (χ4v) is 1.06. The maximum atomic E-state index is 10.3. The van der Waals surface area contributed by atoms with Crippen LogP contribution in [0.1, 0.15) is 0 Å². The maximum Gasteiger partial charge on any atom is 0.330 e. The maximum absolute atomic E-state index is 10.3. The van der Waals surface area contributed by atoms with E-state index in [1.165, 1.54) is 0 Å². The molecule has 18 heavy (non-hydrogen) atoms. The third kappa shape index (κ3) is 6.70. The summed E-state index contributed by atoms with van der Waals surface area (Å²) in [5.74, 6) is -0.384. The van der Waals surface area contributed by atoms with Crippen LogP contribution < -0.4 is 0 Å². The van der Waals surface area contributed by atoms with Gasteiger partial charge in [-0.2, -0.15) is 0 Å². The Kier molecular flexibility index (Phi) is 5.12. The lowest BCUT2D eigenvalue weighted by Crippen LogP contribution is -2.06. The Morgan fingerprint density at radius 2 is 1.50 bits per heavy atom. The average molecular weight is 258 g/mol. The number of hydrogen-bond acceptors (Lipinski definition) is 6. The predicted octanol–water partition coefficient (Wildman–Crippen LogP) is -0.0850. The van der Waals surface area contributed by atoms with Gasteiger partial charge in [-0.05, 0) is 0 Å². The van der Waals surface area contributed by atoms with Crippen LogP contribution in [0.5, 0.6) is 0 Å². The molecule has 0 bridgehead atoms. The monoisotopic (exact) mass is 258 g/mol. The molecule has 0 aromatic carbocycles. The van der Waals surface area contributed by atoms with E-state index in [9.17, 15) is 4.79 Å². The van der Waals surface area contributed by atoms with Crippen molar-refractivity contribution in [2.75, 3.05) is 39.6 Å². The van der Waals surface area contributed by atoms with E-state index in [2.05, 4.69) is 11.3 Å². The highest BCUT2D eigenvalue weighted by molar-refractivity contribution is 5.81. The molecule has 0 aliphatic carbocycles. The average Bonchev–Trinajstić information content (AvgIpc) is 3.23. The van der Waals surface area contributed by atoms with Crippen LogP contribution in [0.3, 0.4) is 0 Å². The molecule has 3 atom stereocenters. The van der Waals surface area contributed by atoms with Gasteiger partial charge < -0.3 is 23.7 Å². The lowest BCUT2D eigenvalue weighted by atomic mass is 10.5. The molecular weight excluding hydrogens is 240 g/mol. The normalized spacial score (nSPS) is 30.8.